The molecule has 3 N–H and O–H groups in total. The number of aliphatic hydroxyl groups excluding tert-OH is 1. The molecule has 0 aromatic heterocycles. The molecule has 7 heteroatoms. The van der Waals surface area contributed by atoms with Gasteiger partial charge in [-0.15, -0.1) is 0 Å². The molecule has 0 fully saturated rings. The predicted octanol–water partition coefficient (Wildman–Crippen LogP) is 0.756. The van der Waals surface area contributed by atoms with Crippen LogP contribution in [-0.2, 0) is 19.1 Å². The van der Waals surface area contributed by atoms with Crippen LogP contribution in [-0.4, -0.2) is 46.4 Å². The van der Waals surface area contributed by atoms with Gasteiger partial charge in [0.2, 0.25) is 0 Å². The van der Waals surface area contributed by atoms with Crippen molar-refractivity contribution in [3.63, 3.8) is 0 Å². The first-order valence-electron chi connectivity index (χ1n) is 6.64. The monoisotopic (exact) mass is 310 g/mol. The van der Waals surface area contributed by atoms with Crippen molar-refractivity contribution in [1.29, 1.82) is 0 Å². The third-order valence-electron chi connectivity index (χ3n) is 3.64. The molecule has 120 valence electrons. The van der Waals surface area contributed by atoms with Gasteiger partial charge in [-0.05, 0) is 12.0 Å². The molecule has 1 aliphatic carbocycles. The van der Waals surface area contributed by atoms with E-state index in [1.54, 1.807) is 0 Å². The maximum atomic E-state index is 11.8. The minimum absolute atomic E-state index is 0.0556. The second kappa shape index (κ2) is 7.56. The van der Waals surface area contributed by atoms with Crippen molar-refractivity contribution in [1.82, 2.24) is 0 Å². The van der Waals surface area contributed by atoms with E-state index in [2.05, 4.69) is 6.58 Å². The summed E-state index contributed by atoms with van der Waals surface area (Å²) in [5.41, 5.74) is -1.46. The van der Waals surface area contributed by atoms with Crippen LogP contribution in [0.3, 0.4) is 0 Å². The van der Waals surface area contributed by atoms with Crippen molar-refractivity contribution in [2.45, 2.75) is 12.8 Å². The van der Waals surface area contributed by atoms with E-state index in [9.17, 15) is 29.7 Å². The second-order valence-electron chi connectivity index (χ2n) is 4.76. The molecule has 0 aromatic carbocycles. The van der Waals surface area contributed by atoms with Crippen LogP contribution in [0, 0.1) is 11.3 Å². The Balaban J connectivity index is 3.09. The van der Waals surface area contributed by atoms with Gasteiger partial charge in [-0.1, -0.05) is 24.8 Å². The lowest BCUT2D eigenvalue weighted by atomic mass is 9.64. The van der Waals surface area contributed by atoms with Crippen LogP contribution in [0.2, 0.25) is 0 Å². The van der Waals surface area contributed by atoms with Gasteiger partial charge in [-0.25, -0.2) is 4.79 Å². The van der Waals surface area contributed by atoms with Crippen molar-refractivity contribution in [2.75, 3.05) is 13.2 Å². The topological polar surface area (TPSA) is 121 Å². The fourth-order valence-electron chi connectivity index (χ4n) is 2.59. The van der Waals surface area contributed by atoms with Crippen molar-refractivity contribution in [3.8, 4) is 0 Å². The van der Waals surface area contributed by atoms with E-state index in [4.69, 9.17) is 4.74 Å². The Morgan fingerprint density at radius 2 is 2.05 bits per heavy atom. The number of rotatable bonds is 8. The summed E-state index contributed by atoms with van der Waals surface area (Å²) in [5, 5.41) is 28.1. The lowest BCUT2D eigenvalue weighted by Gasteiger charge is -2.37. The molecule has 0 spiro atoms. The number of aliphatic hydroxyl groups is 1. The number of esters is 1. The van der Waals surface area contributed by atoms with Crippen LogP contribution in [0.1, 0.15) is 12.8 Å². The van der Waals surface area contributed by atoms with Crippen molar-refractivity contribution in [2.24, 2.45) is 11.3 Å². The predicted molar refractivity (Wildman–Crippen MR) is 75.9 cm³/mol. The molecule has 2 atom stereocenters. The maximum absolute atomic E-state index is 11.8. The molecule has 2 unspecified atom stereocenters. The van der Waals surface area contributed by atoms with E-state index in [1.165, 1.54) is 18.2 Å². The van der Waals surface area contributed by atoms with Gasteiger partial charge in [-0.2, -0.15) is 0 Å². The highest BCUT2D eigenvalue weighted by atomic mass is 16.5. The standard InChI is InChI=1S/C15H18O7/c1-2-12(17)22-9-6-10-4-3-5-11(13(18)19)15(10,7-8-16)14(20)21/h2-5,11,16H,1,6-9H2,(H,18,19)(H,20,21). The van der Waals surface area contributed by atoms with Gasteiger partial charge in [0.15, 0.2) is 0 Å². The molecular formula is C15H18O7. The molecule has 0 saturated carbocycles. The fraction of sp³-hybridized carbons (Fsp3) is 0.400. The van der Waals surface area contributed by atoms with Gasteiger partial charge < -0.3 is 20.1 Å². The lowest BCUT2D eigenvalue weighted by Crippen LogP contribution is -2.45. The number of hydrogen-bond acceptors (Lipinski definition) is 5. The van der Waals surface area contributed by atoms with Crippen LogP contribution in [0.15, 0.2) is 36.5 Å². The Bertz CT molecular complexity index is 532. The summed E-state index contributed by atoms with van der Waals surface area (Å²) in [6, 6.07) is 0. The van der Waals surface area contributed by atoms with Crippen molar-refractivity contribution >= 4 is 17.9 Å². The first-order valence-corrected chi connectivity index (χ1v) is 6.64. The lowest BCUT2D eigenvalue weighted by molar-refractivity contribution is -0.159. The molecule has 0 aromatic rings. The summed E-state index contributed by atoms with van der Waals surface area (Å²) in [4.78, 5) is 34.2. The molecule has 22 heavy (non-hydrogen) atoms. The molecule has 0 saturated heterocycles. The van der Waals surface area contributed by atoms with Gasteiger partial charge in [-0.3, -0.25) is 9.59 Å². The largest absolute Gasteiger partial charge is 0.481 e. The Morgan fingerprint density at radius 1 is 1.36 bits per heavy atom. The average molecular weight is 310 g/mol. The quantitative estimate of drug-likeness (QED) is 0.447. The zero-order chi connectivity index (χ0) is 16.8. The number of carbonyl (C=O) groups excluding carboxylic acids is 1. The zero-order valence-electron chi connectivity index (χ0n) is 11.9. The van der Waals surface area contributed by atoms with Gasteiger partial charge in [0.25, 0.3) is 0 Å². The van der Waals surface area contributed by atoms with Crippen LogP contribution < -0.4 is 0 Å². The molecule has 0 amide bonds. The molecule has 0 bridgehead atoms. The Kier molecular flexibility index (Phi) is 6.06. The number of carboxylic acid groups (broad SMARTS) is 2. The summed E-state index contributed by atoms with van der Waals surface area (Å²) >= 11 is 0. The first-order chi connectivity index (χ1) is 10.4. The summed E-state index contributed by atoms with van der Waals surface area (Å²) in [7, 11) is 0. The second-order valence-corrected chi connectivity index (χ2v) is 4.76. The highest BCUT2D eigenvalue weighted by molar-refractivity contribution is 5.88. The van der Waals surface area contributed by atoms with E-state index >= 15 is 0 Å². The molecule has 0 heterocycles. The van der Waals surface area contributed by atoms with E-state index in [1.807, 2.05) is 0 Å². The van der Waals surface area contributed by atoms with Gasteiger partial charge >= 0.3 is 17.9 Å². The maximum Gasteiger partial charge on any atom is 0.330 e. The molecule has 1 aliphatic rings. The van der Waals surface area contributed by atoms with Gasteiger partial charge in [0.05, 0.1) is 12.5 Å². The minimum Gasteiger partial charge on any atom is -0.481 e. The summed E-state index contributed by atoms with van der Waals surface area (Å²) in [6.07, 6.45) is 5.02. The number of aliphatic carboxylic acids is 2. The van der Waals surface area contributed by atoms with E-state index in [-0.39, 0.29) is 19.4 Å². The molecule has 1 rings (SSSR count). The van der Waals surface area contributed by atoms with Gasteiger partial charge in [0.1, 0.15) is 5.41 Å². The fourth-order valence-corrected chi connectivity index (χ4v) is 2.59. The summed E-state index contributed by atoms with van der Waals surface area (Å²) < 4.78 is 4.82. The smallest absolute Gasteiger partial charge is 0.330 e. The Morgan fingerprint density at radius 3 is 2.55 bits per heavy atom. The SMILES string of the molecule is C=CC(=O)OCCC1=CC=CC(C(=O)O)C1(CCO)C(=O)O. The third-order valence-corrected chi connectivity index (χ3v) is 3.64. The molecule has 0 radical (unpaired) electrons. The first kappa shape index (κ1) is 17.6. The van der Waals surface area contributed by atoms with Crippen molar-refractivity contribution in [3.05, 3.63) is 36.5 Å². The number of ether oxygens (including phenoxy) is 1. The van der Waals surface area contributed by atoms with Crippen LogP contribution in [0.25, 0.3) is 0 Å². The third kappa shape index (κ3) is 3.43. The minimum atomic E-state index is -1.75. The Labute approximate surface area is 127 Å². The molecule has 0 aliphatic heterocycles. The van der Waals surface area contributed by atoms with Crippen LogP contribution in [0.5, 0.6) is 0 Å². The Hall–Kier alpha value is -2.41. The molecule has 7 nitrogen and oxygen atoms in total. The number of carboxylic acids is 2. The van der Waals surface area contributed by atoms with E-state index < -0.39 is 35.8 Å². The highest BCUT2D eigenvalue weighted by Gasteiger charge is 2.51. The zero-order valence-corrected chi connectivity index (χ0v) is 11.9. The van der Waals surface area contributed by atoms with Gasteiger partial charge in [0, 0.05) is 19.1 Å². The normalized spacial score (nSPS) is 23.5. The van der Waals surface area contributed by atoms with Crippen molar-refractivity contribution < 1.29 is 34.4 Å². The number of carbonyl (C=O) groups is 3. The van der Waals surface area contributed by atoms with E-state index in [0.29, 0.717) is 5.57 Å². The average Bonchev–Trinajstić information content (AvgIpc) is 2.47. The number of allylic oxidation sites excluding steroid dienone is 2. The molecular weight excluding hydrogens is 292 g/mol. The summed E-state index contributed by atoms with van der Waals surface area (Å²) in [5.74, 6) is -4.57. The van der Waals surface area contributed by atoms with Crippen LogP contribution in [0.4, 0.5) is 0 Å². The highest BCUT2D eigenvalue weighted by Crippen LogP contribution is 2.44. The summed E-state index contributed by atoms with van der Waals surface area (Å²) in [6.45, 7) is 2.66. The van der Waals surface area contributed by atoms with E-state index in [0.717, 1.165) is 6.08 Å². The van der Waals surface area contributed by atoms with Crippen LogP contribution >= 0.6 is 0 Å². The number of hydrogen-bond donors (Lipinski definition) is 3.